The molecule has 115 heavy (non-hydrogen) atoms. The van der Waals surface area contributed by atoms with Gasteiger partial charge in [-0.25, -0.2) is 16.8 Å². The molecule has 0 aliphatic heterocycles. The molecule has 6 aromatic carbocycles. The van der Waals surface area contributed by atoms with Crippen LogP contribution in [-0.2, 0) is 80.4 Å². The van der Waals surface area contributed by atoms with Crippen molar-refractivity contribution < 1.29 is 31.5 Å². The molecule has 5 aliphatic carbocycles. The van der Waals surface area contributed by atoms with Crippen LogP contribution < -0.4 is 0 Å². The number of rotatable bonds is 36. The number of sulfone groups is 2. The number of carbonyl (C=O) groups excluding carboxylic acids is 1. The van der Waals surface area contributed by atoms with Gasteiger partial charge in [-0.2, -0.15) is 11.8 Å². The molecule has 0 spiro atoms. The van der Waals surface area contributed by atoms with Gasteiger partial charge in [-0.1, -0.05) is 348 Å². The van der Waals surface area contributed by atoms with Crippen molar-refractivity contribution in [3.8, 4) is 11.8 Å². The van der Waals surface area contributed by atoms with Crippen molar-refractivity contribution in [3.05, 3.63) is 218 Å². The summed E-state index contributed by atoms with van der Waals surface area (Å²) in [4.78, 5) is 12.3. The summed E-state index contributed by atoms with van der Waals surface area (Å²) >= 11 is 2.18. The van der Waals surface area contributed by atoms with E-state index in [0.29, 0.717) is 17.8 Å². The average Bonchev–Trinajstić information content (AvgIpc) is 0.853. The standard InChI is InChI=1S/C19H32O.C18H26O.C17H26O2S.C17H22O2S.C17H24O.C17H26S/c1-4-7-9-17-10-8-11-18(16-17)12-15-19(20,13-5-2)14-6-3;1-2-3-8-15-11-7-12-17(13-15)18(19)14-16-9-5-4-6-10-16;2*1-2-3-8-15-9-7-10-16(13-15)14-20(18,19)17-11-5-4-6-12-17;2*1-2-3-8-15-9-7-10-16(13-15)14-18-17-11-5-4-6-12-17/h8,10-11,16,20H,4-7,9,12-15H2,1-3H3;7,11-13,16H,2-6,8-10,14H2,1H3;7,9-10,13,17H,2-6,8,11-12,14H2,1H3;7,9-10,13,17H,2,4-6,11-12,14H2,1H3;3,7-10,13,17H,2,4-6,11-12,14H2,1H3;7,9-10,13,17H,2-6,8,11-12,14H2,1H3/b;;;;8-3+;. The molecule has 0 unspecified atom stereocenters. The first kappa shape index (κ1) is 98.3. The molecule has 1 N–H and O–H groups in total. The maximum Gasteiger partial charge on any atom is 0.163 e. The van der Waals surface area contributed by atoms with E-state index in [2.05, 4.69) is 181 Å². The van der Waals surface area contributed by atoms with Crippen LogP contribution >= 0.6 is 11.8 Å². The third-order valence-electron chi connectivity index (χ3n) is 23.8. The largest absolute Gasteiger partial charge is 0.390 e. The lowest BCUT2D eigenvalue weighted by atomic mass is 9.84. The zero-order valence-corrected chi connectivity index (χ0v) is 75.8. The van der Waals surface area contributed by atoms with E-state index in [4.69, 9.17) is 4.74 Å². The molecule has 0 heterocycles. The fourth-order valence-electron chi connectivity index (χ4n) is 17.0. The van der Waals surface area contributed by atoms with Crippen LogP contribution in [0.15, 0.2) is 152 Å². The first-order valence-corrected chi connectivity index (χ1v) is 51.0. The molecule has 0 bridgehead atoms. The average molecular weight is 1630 g/mol. The van der Waals surface area contributed by atoms with Crippen LogP contribution in [0.25, 0.3) is 6.08 Å². The lowest BCUT2D eigenvalue weighted by Crippen LogP contribution is -2.28. The number of ether oxygens (including phenoxy) is 1. The quantitative estimate of drug-likeness (QED) is 0.0306. The molecule has 0 amide bonds. The number of aryl methyl sites for hydroxylation is 5. The van der Waals surface area contributed by atoms with E-state index in [9.17, 15) is 26.7 Å². The first-order chi connectivity index (χ1) is 55.9. The normalized spacial score (nSPS) is 16.0. The molecule has 6 aromatic rings. The molecule has 0 saturated heterocycles. The highest BCUT2D eigenvalue weighted by Gasteiger charge is 2.30. The maximum atomic E-state index is 12.5. The molecule has 5 saturated carbocycles. The summed E-state index contributed by atoms with van der Waals surface area (Å²) in [7, 11) is -6.00. The Morgan fingerprint density at radius 2 is 0.861 bits per heavy atom. The van der Waals surface area contributed by atoms with Gasteiger partial charge < -0.3 is 9.84 Å². The molecule has 5 fully saturated rings. The van der Waals surface area contributed by atoms with Crippen LogP contribution in [0.4, 0.5) is 0 Å². The minimum Gasteiger partial charge on any atom is -0.390 e. The number of hydrogen-bond donors (Lipinski definition) is 1. The summed E-state index contributed by atoms with van der Waals surface area (Å²) in [6.07, 6.45) is 58.1. The second-order valence-corrected chi connectivity index (χ2v) is 40.0. The number of hydrogen-bond acceptors (Lipinski definition) is 8. The Morgan fingerprint density at radius 1 is 0.443 bits per heavy atom. The number of carbonyl (C=O) groups is 1. The number of ketones is 1. The van der Waals surface area contributed by atoms with Crippen molar-refractivity contribution in [2.45, 2.75) is 402 Å². The molecule has 636 valence electrons. The maximum absolute atomic E-state index is 12.5. The van der Waals surface area contributed by atoms with Crippen LogP contribution in [0.5, 0.6) is 0 Å². The van der Waals surface area contributed by atoms with Gasteiger partial charge in [0, 0.05) is 35.0 Å². The smallest absolute Gasteiger partial charge is 0.163 e. The van der Waals surface area contributed by atoms with Crippen LogP contribution in [0.2, 0.25) is 0 Å². The molecular formula is C105H156O7S3. The van der Waals surface area contributed by atoms with Gasteiger partial charge in [0.25, 0.3) is 0 Å². The highest BCUT2D eigenvalue weighted by atomic mass is 32.2. The van der Waals surface area contributed by atoms with E-state index in [1.54, 1.807) is 0 Å². The van der Waals surface area contributed by atoms with E-state index in [1.807, 2.05) is 55.5 Å². The minimum absolute atomic E-state index is 0.101. The monoisotopic (exact) mass is 1630 g/mol. The van der Waals surface area contributed by atoms with Gasteiger partial charge >= 0.3 is 0 Å². The van der Waals surface area contributed by atoms with Gasteiger partial charge in [0.2, 0.25) is 0 Å². The number of benzene rings is 6. The minimum atomic E-state index is -3.02. The van der Waals surface area contributed by atoms with E-state index in [1.165, 1.54) is 224 Å². The van der Waals surface area contributed by atoms with Crippen LogP contribution in [0.1, 0.15) is 390 Å². The number of aliphatic hydroxyl groups is 1. The first-order valence-electron chi connectivity index (χ1n) is 46.5. The van der Waals surface area contributed by atoms with Crippen LogP contribution in [0, 0.1) is 17.8 Å². The summed E-state index contributed by atoms with van der Waals surface area (Å²) in [5.74, 6) is 8.65. The zero-order chi connectivity index (χ0) is 82.5. The third-order valence-corrected chi connectivity index (χ3v) is 29.7. The Labute approximate surface area is 708 Å². The summed E-state index contributed by atoms with van der Waals surface area (Å²) in [5, 5.41) is 11.4. The fourth-order valence-corrected chi connectivity index (χ4v) is 22.1. The molecule has 10 heteroatoms. The summed E-state index contributed by atoms with van der Waals surface area (Å²) in [6.45, 7) is 18.1. The van der Waals surface area contributed by atoms with Crippen molar-refractivity contribution in [2.24, 2.45) is 5.92 Å². The predicted octanol–water partition coefficient (Wildman–Crippen LogP) is 29.0. The van der Waals surface area contributed by atoms with Crippen LogP contribution in [0.3, 0.4) is 0 Å². The van der Waals surface area contributed by atoms with Gasteiger partial charge in [-0.15, -0.1) is 0 Å². The molecule has 0 atom stereocenters. The Morgan fingerprint density at radius 3 is 1.37 bits per heavy atom. The van der Waals surface area contributed by atoms with Gasteiger partial charge in [0.1, 0.15) is 0 Å². The molecule has 5 aliphatic rings. The molecule has 0 aromatic heterocycles. The highest BCUT2D eigenvalue weighted by molar-refractivity contribution is 7.99. The lowest BCUT2D eigenvalue weighted by molar-refractivity contribution is 0.0132. The van der Waals surface area contributed by atoms with Gasteiger partial charge in [-0.05, 0) is 221 Å². The number of Topliss-reactive ketones (excluding diaryl/α,β-unsaturated/α-hetero) is 1. The number of allylic oxidation sites excluding steroid dienone is 1. The third kappa shape index (κ3) is 41.3. The van der Waals surface area contributed by atoms with Crippen molar-refractivity contribution in [2.75, 3.05) is 0 Å². The number of unbranched alkanes of at least 4 members (excludes halogenated alkanes) is 4. The summed E-state index contributed by atoms with van der Waals surface area (Å²) < 4.78 is 55.9. The predicted molar refractivity (Wildman–Crippen MR) is 497 cm³/mol. The van der Waals surface area contributed by atoms with Crippen molar-refractivity contribution in [1.29, 1.82) is 0 Å². The zero-order valence-electron chi connectivity index (χ0n) is 73.4. The van der Waals surface area contributed by atoms with Crippen molar-refractivity contribution >= 4 is 43.3 Å². The van der Waals surface area contributed by atoms with Crippen molar-refractivity contribution in [1.82, 2.24) is 0 Å². The fraction of sp³-hybridized carbons (Fsp3) is 0.610. The molecule has 0 radical (unpaired) electrons. The molecule has 11 rings (SSSR count). The topological polar surface area (TPSA) is 115 Å². The Kier molecular flexibility index (Phi) is 49.9. The van der Waals surface area contributed by atoms with E-state index >= 15 is 0 Å². The molecule has 7 nitrogen and oxygen atoms in total. The second kappa shape index (κ2) is 58.4. The van der Waals surface area contributed by atoms with Gasteiger partial charge in [0.15, 0.2) is 25.5 Å². The summed E-state index contributed by atoms with van der Waals surface area (Å²) in [5.41, 5.74) is 14.2. The van der Waals surface area contributed by atoms with Gasteiger partial charge in [0.05, 0.1) is 40.3 Å². The van der Waals surface area contributed by atoms with E-state index in [-0.39, 0.29) is 22.0 Å². The highest BCUT2D eigenvalue weighted by Crippen LogP contribution is 2.34. The van der Waals surface area contributed by atoms with E-state index < -0.39 is 25.3 Å². The SMILES string of the molecule is CC/C=C/c1cccc(COC2CCCCC2)c1.CCC#Cc1cccc(CS(=O)(=O)C2CCCCC2)c1.CCCCc1cccc(C(=O)CC2CCCCC2)c1.CCCCc1cccc(CCC(O)(CCC)CCC)c1.CCCCc1cccc(CS(=O)(=O)C2CCCCC2)c1.CCCCc1cccc(CSC2CCCCC2)c1. The number of thioether (sulfide) groups is 1. The van der Waals surface area contributed by atoms with Crippen LogP contribution in [-0.4, -0.2) is 55.2 Å². The van der Waals surface area contributed by atoms with Gasteiger partial charge in [-0.3, -0.25) is 4.79 Å². The second-order valence-electron chi connectivity index (χ2n) is 34.1. The van der Waals surface area contributed by atoms with Crippen molar-refractivity contribution in [3.63, 3.8) is 0 Å². The van der Waals surface area contributed by atoms with E-state index in [0.717, 1.165) is 156 Å². The lowest BCUT2D eigenvalue weighted by Gasteiger charge is -2.27. The summed E-state index contributed by atoms with van der Waals surface area (Å²) in [6, 6.07) is 50.9. The molecular weight excluding hydrogens is 1470 g/mol. The Balaban J connectivity index is 0.000000215. The Hall–Kier alpha value is -5.54. The Bertz CT molecular complexity index is 3900.